The van der Waals surface area contributed by atoms with Gasteiger partial charge in [-0.05, 0) is 18.1 Å². The lowest BCUT2D eigenvalue weighted by molar-refractivity contribution is -0.118. The molecule has 114 valence electrons. The highest BCUT2D eigenvalue weighted by atomic mass is 35.5. The van der Waals surface area contributed by atoms with E-state index in [1.165, 1.54) is 0 Å². The second kappa shape index (κ2) is 7.81. The molecule has 21 heavy (non-hydrogen) atoms. The number of nitrogens with one attached hydrogen (secondary N) is 1. The Hall–Kier alpha value is -1.85. The number of carbonyl (C=O) groups excluding carboxylic acids is 1. The largest absolute Gasteiger partial charge is 0.320 e. The molecular weight excluding hydrogens is 288 g/mol. The molecule has 3 N–H and O–H groups in total. The molecule has 0 radical (unpaired) electrons. The van der Waals surface area contributed by atoms with Crippen LogP contribution in [-0.4, -0.2) is 21.7 Å². The van der Waals surface area contributed by atoms with E-state index < -0.39 is 6.04 Å². The van der Waals surface area contributed by atoms with Crippen LogP contribution < -0.4 is 11.1 Å². The van der Waals surface area contributed by atoms with Gasteiger partial charge in [0.2, 0.25) is 5.91 Å². The molecule has 1 aromatic carbocycles. The first-order chi connectivity index (χ1) is 9.61. The molecule has 5 nitrogen and oxygen atoms in total. The lowest BCUT2D eigenvalue weighted by atomic mass is 9.99. The van der Waals surface area contributed by atoms with Gasteiger partial charge >= 0.3 is 0 Å². The van der Waals surface area contributed by atoms with E-state index in [-0.39, 0.29) is 24.2 Å². The number of hydrogen-bond acceptors (Lipinski definition) is 3. The maximum absolute atomic E-state index is 12.0. The molecule has 0 saturated carbocycles. The number of benzene rings is 1. The molecule has 2 atom stereocenters. The zero-order valence-electron chi connectivity index (χ0n) is 12.2. The third-order valence-corrected chi connectivity index (χ3v) is 3.42. The average Bonchev–Trinajstić information content (AvgIpc) is 2.95. The van der Waals surface area contributed by atoms with Crippen LogP contribution >= 0.6 is 12.4 Å². The van der Waals surface area contributed by atoms with Gasteiger partial charge < -0.3 is 11.1 Å². The molecule has 2 rings (SSSR count). The Kier molecular flexibility index (Phi) is 6.39. The van der Waals surface area contributed by atoms with Crippen molar-refractivity contribution in [1.82, 2.24) is 9.78 Å². The van der Waals surface area contributed by atoms with Gasteiger partial charge in [-0.2, -0.15) is 5.10 Å². The number of carbonyl (C=O) groups is 1. The van der Waals surface area contributed by atoms with Crippen LogP contribution in [0.5, 0.6) is 0 Å². The highest BCUT2D eigenvalue weighted by Gasteiger charge is 2.20. The van der Waals surface area contributed by atoms with Crippen molar-refractivity contribution in [3.05, 3.63) is 42.6 Å². The Morgan fingerprint density at radius 2 is 2.00 bits per heavy atom. The Balaban J connectivity index is 0.00000220. The molecule has 0 aliphatic heterocycles. The smallest absolute Gasteiger partial charge is 0.242 e. The van der Waals surface area contributed by atoms with Crippen molar-refractivity contribution in [2.75, 3.05) is 5.32 Å². The summed E-state index contributed by atoms with van der Waals surface area (Å²) in [6.45, 7) is 3.98. The average molecular weight is 309 g/mol. The van der Waals surface area contributed by atoms with Gasteiger partial charge in [-0.1, -0.05) is 38.5 Å². The molecule has 0 bridgehead atoms. The number of para-hydroxylation sites is 1. The fourth-order valence-corrected chi connectivity index (χ4v) is 1.84. The monoisotopic (exact) mass is 308 g/mol. The van der Waals surface area contributed by atoms with Crippen molar-refractivity contribution >= 4 is 24.1 Å². The van der Waals surface area contributed by atoms with Gasteiger partial charge in [0.1, 0.15) is 0 Å². The lowest BCUT2D eigenvalue weighted by Gasteiger charge is -2.16. The molecule has 1 aromatic heterocycles. The Labute approximate surface area is 130 Å². The van der Waals surface area contributed by atoms with Gasteiger partial charge in [-0.3, -0.25) is 4.79 Å². The number of halogens is 1. The third kappa shape index (κ3) is 4.31. The van der Waals surface area contributed by atoms with Crippen molar-refractivity contribution in [3.63, 3.8) is 0 Å². The van der Waals surface area contributed by atoms with Crippen molar-refractivity contribution < 1.29 is 4.79 Å². The summed E-state index contributed by atoms with van der Waals surface area (Å²) in [5, 5.41) is 7.07. The molecule has 2 unspecified atom stereocenters. The van der Waals surface area contributed by atoms with Gasteiger partial charge in [-0.15, -0.1) is 12.4 Å². The van der Waals surface area contributed by atoms with E-state index in [0.717, 1.165) is 12.1 Å². The predicted molar refractivity (Wildman–Crippen MR) is 86.9 cm³/mol. The van der Waals surface area contributed by atoms with E-state index in [1.54, 1.807) is 16.9 Å². The number of anilines is 1. The van der Waals surface area contributed by atoms with E-state index in [9.17, 15) is 4.79 Å². The van der Waals surface area contributed by atoms with Crippen molar-refractivity contribution in [3.8, 4) is 5.69 Å². The minimum atomic E-state index is -0.512. The molecular formula is C15H21ClN4O. The normalized spacial score (nSPS) is 13.1. The summed E-state index contributed by atoms with van der Waals surface area (Å²) < 4.78 is 1.71. The fourth-order valence-electron chi connectivity index (χ4n) is 1.84. The molecule has 0 aliphatic rings. The van der Waals surface area contributed by atoms with E-state index in [1.807, 2.05) is 44.2 Å². The second-order valence-electron chi connectivity index (χ2n) is 4.88. The highest BCUT2D eigenvalue weighted by Crippen LogP contribution is 2.12. The van der Waals surface area contributed by atoms with Crippen LogP contribution in [0.3, 0.4) is 0 Å². The van der Waals surface area contributed by atoms with Crippen LogP contribution in [-0.2, 0) is 4.79 Å². The topological polar surface area (TPSA) is 72.9 Å². The minimum absolute atomic E-state index is 0. The zero-order chi connectivity index (χ0) is 14.5. The first-order valence-electron chi connectivity index (χ1n) is 6.79. The summed E-state index contributed by atoms with van der Waals surface area (Å²) in [6, 6.07) is 11.0. The predicted octanol–water partition coefficient (Wildman–Crippen LogP) is 2.61. The van der Waals surface area contributed by atoms with Crippen molar-refractivity contribution in [1.29, 1.82) is 0 Å². The van der Waals surface area contributed by atoms with Crippen LogP contribution in [0, 0.1) is 5.92 Å². The fraction of sp³-hybridized carbons (Fsp3) is 0.333. The maximum Gasteiger partial charge on any atom is 0.242 e. The molecule has 0 fully saturated rings. The van der Waals surface area contributed by atoms with E-state index >= 15 is 0 Å². The number of nitrogens with two attached hydrogens (primary N) is 1. The number of rotatable bonds is 5. The summed E-state index contributed by atoms with van der Waals surface area (Å²) in [4.78, 5) is 12.0. The highest BCUT2D eigenvalue weighted by molar-refractivity contribution is 5.94. The SMILES string of the molecule is CCC(C)C(N)C(=O)Nc1ccn(-c2ccccc2)n1.Cl. The summed E-state index contributed by atoms with van der Waals surface area (Å²) >= 11 is 0. The van der Waals surface area contributed by atoms with Crippen LogP contribution in [0.25, 0.3) is 5.69 Å². The van der Waals surface area contributed by atoms with Gasteiger partial charge in [0.05, 0.1) is 11.7 Å². The number of aromatic nitrogens is 2. The van der Waals surface area contributed by atoms with E-state index in [4.69, 9.17) is 5.73 Å². The lowest BCUT2D eigenvalue weighted by Crippen LogP contribution is -2.40. The summed E-state index contributed by atoms with van der Waals surface area (Å²) in [5.74, 6) is 0.460. The Bertz CT molecular complexity index is 570. The number of nitrogens with zero attached hydrogens (tertiary/aromatic N) is 2. The molecule has 6 heteroatoms. The minimum Gasteiger partial charge on any atom is -0.320 e. The first-order valence-corrected chi connectivity index (χ1v) is 6.79. The summed E-state index contributed by atoms with van der Waals surface area (Å²) in [7, 11) is 0. The Morgan fingerprint density at radius 3 is 2.62 bits per heavy atom. The van der Waals surface area contributed by atoms with Gasteiger partial charge in [0.25, 0.3) is 0 Å². The first kappa shape index (κ1) is 17.2. The summed E-state index contributed by atoms with van der Waals surface area (Å²) in [6.07, 6.45) is 2.67. The molecule has 1 heterocycles. The third-order valence-electron chi connectivity index (χ3n) is 3.42. The molecule has 0 aliphatic carbocycles. The van der Waals surface area contributed by atoms with Crippen LogP contribution in [0.1, 0.15) is 20.3 Å². The van der Waals surface area contributed by atoms with Crippen LogP contribution in [0.4, 0.5) is 5.82 Å². The van der Waals surface area contributed by atoms with Gasteiger partial charge in [0, 0.05) is 12.3 Å². The molecule has 1 amide bonds. The number of amides is 1. The maximum atomic E-state index is 12.0. The molecule has 2 aromatic rings. The number of hydrogen-bond donors (Lipinski definition) is 2. The van der Waals surface area contributed by atoms with Crippen molar-refractivity contribution in [2.45, 2.75) is 26.3 Å². The van der Waals surface area contributed by atoms with Crippen LogP contribution in [0.15, 0.2) is 42.6 Å². The zero-order valence-corrected chi connectivity index (χ0v) is 13.0. The molecule has 0 spiro atoms. The quantitative estimate of drug-likeness (QED) is 0.891. The van der Waals surface area contributed by atoms with E-state index in [2.05, 4.69) is 10.4 Å². The molecule has 0 saturated heterocycles. The van der Waals surface area contributed by atoms with E-state index in [0.29, 0.717) is 5.82 Å². The summed E-state index contributed by atoms with van der Waals surface area (Å²) in [5.41, 5.74) is 6.83. The Morgan fingerprint density at radius 1 is 1.33 bits per heavy atom. The van der Waals surface area contributed by atoms with Gasteiger partial charge in [0.15, 0.2) is 5.82 Å². The second-order valence-corrected chi connectivity index (χ2v) is 4.88. The van der Waals surface area contributed by atoms with Crippen molar-refractivity contribution in [2.24, 2.45) is 11.7 Å². The van der Waals surface area contributed by atoms with Gasteiger partial charge in [-0.25, -0.2) is 4.68 Å². The van der Waals surface area contributed by atoms with Crippen LogP contribution in [0.2, 0.25) is 0 Å². The standard InChI is InChI=1S/C15H20N4O.ClH/c1-3-11(2)14(16)15(20)17-13-9-10-19(18-13)12-7-5-4-6-8-12;/h4-11,14H,3,16H2,1-2H3,(H,17,18,20);1H.